The van der Waals surface area contributed by atoms with Crippen LogP contribution in [-0.4, -0.2) is 48.6 Å². The summed E-state index contributed by atoms with van der Waals surface area (Å²) in [6.07, 6.45) is 0.00581. The van der Waals surface area contributed by atoms with Crippen molar-refractivity contribution >= 4 is 11.9 Å². The van der Waals surface area contributed by atoms with Crippen molar-refractivity contribution in [3.63, 3.8) is 0 Å². The molecule has 88 valence electrons. The lowest BCUT2D eigenvalue weighted by atomic mass is 10.1. The Kier molecular flexibility index (Phi) is 6.70. The van der Waals surface area contributed by atoms with E-state index in [0.29, 0.717) is 19.6 Å². The van der Waals surface area contributed by atoms with Crippen LogP contribution in [0.15, 0.2) is 0 Å². The molecule has 0 fully saturated rings. The Bertz CT molecular complexity index is 219. The fourth-order valence-electron chi connectivity index (χ4n) is 1.36. The van der Waals surface area contributed by atoms with E-state index in [1.165, 1.54) is 0 Å². The zero-order valence-electron chi connectivity index (χ0n) is 9.62. The van der Waals surface area contributed by atoms with Crippen molar-refractivity contribution in [3.05, 3.63) is 0 Å². The number of hydrogen-bond donors (Lipinski definition) is 2. The summed E-state index contributed by atoms with van der Waals surface area (Å²) in [5, 5.41) is 11.5. The number of carboxylic acids is 1. The molecule has 1 unspecified atom stereocenters. The van der Waals surface area contributed by atoms with Crippen molar-refractivity contribution < 1.29 is 14.7 Å². The first kappa shape index (κ1) is 13.9. The quantitative estimate of drug-likeness (QED) is 0.636. The van der Waals surface area contributed by atoms with E-state index in [2.05, 4.69) is 5.32 Å². The van der Waals surface area contributed by atoms with Crippen LogP contribution in [-0.2, 0) is 9.59 Å². The Labute approximate surface area is 90.5 Å². The number of hydrogen-bond acceptors (Lipinski definition) is 3. The summed E-state index contributed by atoms with van der Waals surface area (Å²) in [6, 6.07) is 0. The summed E-state index contributed by atoms with van der Waals surface area (Å²) in [6.45, 7) is 5.15. The molecule has 0 rings (SSSR count). The van der Waals surface area contributed by atoms with Gasteiger partial charge in [-0.15, -0.1) is 0 Å². The topological polar surface area (TPSA) is 69.6 Å². The normalized spacial score (nSPS) is 12.2. The number of nitrogens with zero attached hydrogens (tertiary/aromatic N) is 1. The molecule has 0 saturated carbocycles. The largest absolute Gasteiger partial charge is 0.481 e. The maximum Gasteiger partial charge on any atom is 0.305 e. The van der Waals surface area contributed by atoms with Crippen LogP contribution in [0.1, 0.15) is 20.3 Å². The minimum absolute atomic E-state index is 0.00581. The second-order valence-corrected chi connectivity index (χ2v) is 3.52. The van der Waals surface area contributed by atoms with E-state index in [0.717, 1.165) is 0 Å². The molecular weight excluding hydrogens is 196 g/mol. The molecular formula is C10H20N2O3. The van der Waals surface area contributed by atoms with Gasteiger partial charge >= 0.3 is 5.97 Å². The minimum Gasteiger partial charge on any atom is -0.481 e. The van der Waals surface area contributed by atoms with Crippen molar-refractivity contribution in [2.24, 2.45) is 5.92 Å². The molecule has 5 heteroatoms. The minimum atomic E-state index is -0.873. The Morgan fingerprint density at radius 2 is 2.07 bits per heavy atom. The van der Waals surface area contributed by atoms with Crippen molar-refractivity contribution in [2.75, 3.05) is 26.7 Å². The highest BCUT2D eigenvalue weighted by Crippen LogP contribution is 2.02. The number of carboxylic acid groups (broad SMARTS) is 1. The predicted octanol–water partition coefficient (Wildman–Crippen LogP) is 0.165. The molecule has 0 aromatic rings. The summed E-state index contributed by atoms with van der Waals surface area (Å²) in [5.74, 6) is -0.973. The zero-order chi connectivity index (χ0) is 11.8. The Morgan fingerprint density at radius 3 is 2.47 bits per heavy atom. The van der Waals surface area contributed by atoms with Crippen LogP contribution in [0.25, 0.3) is 0 Å². The molecule has 0 aliphatic carbocycles. The molecule has 0 aromatic heterocycles. The van der Waals surface area contributed by atoms with E-state index in [1.54, 1.807) is 11.9 Å². The lowest BCUT2D eigenvalue weighted by Crippen LogP contribution is -2.39. The van der Waals surface area contributed by atoms with Gasteiger partial charge in [-0.2, -0.15) is 0 Å². The van der Waals surface area contributed by atoms with E-state index in [1.807, 2.05) is 13.8 Å². The highest BCUT2D eigenvalue weighted by molar-refractivity contribution is 5.79. The third kappa shape index (κ3) is 5.37. The number of aliphatic carboxylic acids is 1. The standard InChI is InChI=1S/C10H20N2O3/c1-4-12(6-5-9(13)14)10(15)8(2)7-11-3/h8,11H,4-7H2,1-3H3,(H,13,14). The highest BCUT2D eigenvalue weighted by Gasteiger charge is 2.18. The van der Waals surface area contributed by atoms with Gasteiger partial charge in [0.2, 0.25) is 5.91 Å². The van der Waals surface area contributed by atoms with Gasteiger partial charge in [0.15, 0.2) is 0 Å². The average Bonchev–Trinajstić information content (AvgIpc) is 2.18. The van der Waals surface area contributed by atoms with Crippen LogP contribution in [0.5, 0.6) is 0 Å². The second kappa shape index (κ2) is 7.23. The molecule has 0 heterocycles. The van der Waals surface area contributed by atoms with Crippen LogP contribution in [0, 0.1) is 5.92 Å². The van der Waals surface area contributed by atoms with Crippen molar-refractivity contribution in [1.29, 1.82) is 0 Å². The summed E-state index contributed by atoms with van der Waals surface area (Å²) in [4.78, 5) is 23.7. The van der Waals surface area contributed by atoms with Crippen LogP contribution in [0.3, 0.4) is 0 Å². The molecule has 0 bridgehead atoms. The second-order valence-electron chi connectivity index (χ2n) is 3.52. The molecule has 2 N–H and O–H groups in total. The SMILES string of the molecule is CCN(CCC(=O)O)C(=O)C(C)CNC. The number of carbonyl (C=O) groups excluding carboxylic acids is 1. The van der Waals surface area contributed by atoms with Crippen LogP contribution in [0.2, 0.25) is 0 Å². The molecule has 0 radical (unpaired) electrons. The Balaban J connectivity index is 4.14. The monoisotopic (exact) mass is 216 g/mol. The number of amides is 1. The summed E-state index contributed by atoms with van der Waals surface area (Å²) in [7, 11) is 1.79. The first-order chi connectivity index (χ1) is 7.02. The van der Waals surface area contributed by atoms with E-state index in [9.17, 15) is 9.59 Å². The molecule has 0 saturated heterocycles. The van der Waals surface area contributed by atoms with E-state index >= 15 is 0 Å². The van der Waals surface area contributed by atoms with Gasteiger partial charge in [0.1, 0.15) is 0 Å². The molecule has 0 aromatic carbocycles. The highest BCUT2D eigenvalue weighted by atomic mass is 16.4. The van der Waals surface area contributed by atoms with Gasteiger partial charge in [-0.05, 0) is 14.0 Å². The van der Waals surface area contributed by atoms with Gasteiger partial charge in [0.05, 0.1) is 6.42 Å². The van der Waals surface area contributed by atoms with Gasteiger partial charge in [-0.3, -0.25) is 9.59 Å². The van der Waals surface area contributed by atoms with E-state index in [4.69, 9.17) is 5.11 Å². The Hall–Kier alpha value is -1.10. The van der Waals surface area contributed by atoms with Crippen LogP contribution in [0.4, 0.5) is 0 Å². The number of carbonyl (C=O) groups is 2. The summed E-state index contributed by atoms with van der Waals surface area (Å²) >= 11 is 0. The first-order valence-electron chi connectivity index (χ1n) is 5.18. The maximum atomic E-state index is 11.8. The van der Waals surface area contributed by atoms with E-state index < -0.39 is 5.97 Å². The number of rotatable bonds is 7. The number of nitrogens with one attached hydrogen (secondary N) is 1. The molecule has 5 nitrogen and oxygen atoms in total. The smallest absolute Gasteiger partial charge is 0.305 e. The van der Waals surface area contributed by atoms with Gasteiger partial charge in [0, 0.05) is 25.6 Å². The first-order valence-corrected chi connectivity index (χ1v) is 5.18. The molecule has 1 amide bonds. The molecule has 0 aliphatic rings. The van der Waals surface area contributed by atoms with Crippen molar-refractivity contribution in [3.8, 4) is 0 Å². The third-order valence-electron chi connectivity index (χ3n) is 2.22. The van der Waals surface area contributed by atoms with E-state index in [-0.39, 0.29) is 18.2 Å². The zero-order valence-corrected chi connectivity index (χ0v) is 9.62. The van der Waals surface area contributed by atoms with Crippen LogP contribution >= 0.6 is 0 Å². The average molecular weight is 216 g/mol. The molecule has 15 heavy (non-hydrogen) atoms. The van der Waals surface area contributed by atoms with Gasteiger partial charge in [0.25, 0.3) is 0 Å². The predicted molar refractivity (Wildman–Crippen MR) is 57.6 cm³/mol. The van der Waals surface area contributed by atoms with Gasteiger partial charge in [-0.25, -0.2) is 0 Å². The van der Waals surface area contributed by atoms with Gasteiger partial charge < -0.3 is 15.3 Å². The molecule has 0 aliphatic heterocycles. The maximum absolute atomic E-state index is 11.8. The van der Waals surface area contributed by atoms with Gasteiger partial charge in [-0.1, -0.05) is 6.92 Å². The van der Waals surface area contributed by atoms with Crippen molar-refractivity contribution in [2.45, 2.75) is 20.3 Å². The summed E-state index contributed by atoms with van der Waals surface area (Å²) in [5.41, 5.74) is 0. The fourth-order valence-corrected chi connectivity index (χ4v) is 1.36. The third-order valence-corrected chi connectivity index (χ3v) is 2.22. The molecule has 0 spiro atoms. The fraction of sp³-hybridized carbons (Fsp3) is 0.800. The lowest BCUT2D eigenvalue weighted by Gasteiger charge is -2.23. The summed E-state index contributed by atoms with van der Waals surface area (Å²) < 4.78 is 0. The van der Waals surface area contributed by atoms with Crippen LogP contribution < -0.4 is 5.32 Å². The Morgan fingerprint density at radius 1 is 1.47 bits per heavy atom. The lowest BCUT2D eigenvalue weighted by molar-refractivity contribution is -0.139. The van der Waals surface area contributed by atoms with Crippen molar-refractivity contribution in [1.82, 2.24) is 10.2 Å². The molecule has 1 atom stereocenters.